The first-order valence-corrected chi connectivity index (χ1v) is 16.7. The number of carbonyl (C=O) groups is 2. The van der Waals surface area contributed by atoms with Crippen molar-refractivity contribution >= 4 is 23.3 Å². The smallest absolute Gasteiger partial charge is 0.343 e. The van der Waals surface area contributed by atoms with E-state index < -0.39 is 17.4 Å². The Morgan fingerprint density at radius 1 is 0.935 bits per heavy atom. The van der Waals surface area contributed by atoms with Crippen molar-refractivity contribution < 1.29 is 19.4 Å². The molecule has 0 spiro atoms. The lowest BCUT2D eigenvalue weighted by Crippen LogP contribution is -2.36. The highest BCUT2D eigenvalue weighted by Gasteiger charge is 2.26. The van der Waals surface area contributed by atoms with Crippen molar-refractivity contribution in [1.29, 1.82) is 0 Å². The second-order valence-corrected chi connectivity index (χ2v) is 11.8. The monoisotopic (exact) mass is 630 g/mol. The number of azo groups is 1. The fourth-order valence-electron chi connectivity index (χ4n) is 5.59. The summed E-state index contributed by atoms with van der Waals surface area (Å²) in [5.74, 6) is -0.896. The number of pyridine rings is 1. The molecule has 0 aliphatic heterocycles. The maximum absolute atomic E-state index is 13.8. The minimum Gasteiger partial charge on any atom is -0.494 e. The third-order valence-corrected chi connectivity index (χ3v) is 8.36. The molecule has 1 heterocycles. The molecule has 0 radical (unpaired) electrons. The Hall–Kier alpha value is -4.27. The quantitative estimate of drug-likeness (QED) is 0.0908. The lowest BCUT2D eigenvalue weighted by Gasteiger charge is -2.27. The molecular formula is C37H50N4O5. The largest absolute Gasteiger partial charge is 0.494 e. The molecule has 0 saturated carbocycles. The van der Waals surface area contributed by atoms with E-state index in [2.05, 4.69) is 31.0 Å². The fourth-order valence-corrected chi connectivity index (χ4v) is 5.59. The van der Waals surface area contributed by atoms with Crippen LogP contribution < -0.4 is 5.56 Å². The minimum absolute atomic E-state index is 0.0455. The summed E-state index contributed by atoms with van der Waals surface area (Å²) in [4.78, 5) is 42.5. The number of carbonyl (C=O) groups excluding carboxylic acids is 2. The summed E-state index contributed by atoms with van der Waals surface area (Å²) in [6.45, 7) is 13.1. The van der Waals surface area contributed by atoms with Crippen LogP contribution in [-0.2, 0) is 4.74 Å². The van der Waals surface area contributed by atoms with Crippen LogP contribution in [0, 0.1) is 19.8 Å². The number of aryl methyl sites for hydroxylation is 1. The number of aromatic nitrogens is 1. The molecule has 1 unspecified atom stereocenters. The summed E-state index contributed by atoms with van der Waals surface area (Å²) >= 11 is 0. The van der Waals surface area contributed by atoms with Gasteiger partial charge in [0.2, 0.25) is 5.88 Å². The maximum atomic E-state index is 13.8. The fraction of sp³-hybridized carbons (Fsp3) is 0.486. The number of benzene rings is 2. The topological polar surface area (TPSA) is 114 Å². The zero-order valence-corrected chi connectivity index (χ0v) is 28.3. The normalized spacial score (nSPS) is 12.0. The van der Waals surface area contributed by atoms with Crippen molar-refractivity contribution in [1.82, 2.24) is 9.47 Å². The Morgan fingerprint density at radius 3 is 2.35 bits per heavy atom. The molecule has 3 rings (SSSR count). The minimum atomic E-state index is -0.771. The molecule has 1 amide bonds. The van der Waals surface area contributed by atoms with Gasteiger partial charge < -0.3 is 14.7 Å². The van der Waals surface area contributed by atoms with Gasteiger partial charge in [-0.1, -0.05) is 83.6 Å². The van der Waals surface area contributed by atoms with Gasteiger partial charge in [0.15, 0.2) is 5.69 Å². The van der Waals surface area contributed by atoms with E-state index >= 15 is 0 Å². The molecule has 46 heavy (non-hydrogen) atoms. The van der Waals surface area contributed by atoms with Crippen molar-refractivity contribution in [3.05, 3.63) is 81.1 Å². The third-order valence-electron chi connectivity index (χ3n) is 8.36. The van der Waals surface area contributed by atoms with Crippen LogP contribution in [0.15, 0.2) is 63.6 Å². The lowest BCUT2D eigenvalue weighted by atomic mass is 9.98. The number of para-hydroxylation sites is 1. The molecule has 1 N–H and O–H groups in total. The number of hydrogen-bond acceptors (Lipinski definition) is 7. The molecule has 1 aromatic heterocycles. The standard InChI is InChI=1S/C37H50N4O5/c1-7-11-13-16-23-40(25-28(9-3)19-12-8-2)34(42)29-20-17-21-30(24-29)38-39-33-27(6)32(37(45)46-10-4)35(43)41(36(33)44)31-22-15-14-18-26(31)5/h14-15,17-18,20-22,24,28,43H,7-13,16,19,23,25H2,1-6H3. The summed E-state index contributed by atoms with van der Waals surface area (Å²) in [6.07, 6.45) is 8.71. The number of aromatic hydroxyl groups is 1. The zero-order chi connectivity index (χ0) is 33.6. The lowest BCUT2D eigenvalue weighted by molar-refractivity contribution is 0.0520. The highest BCUT2D eigenvalue weighted by atomic mass is 16.5. The number of ether oxygens (including phenoxy) is 1. The first-order valence-electron chi connectivity index (χ1n) is 16.7. The second kappa shape index (κ2) is 18.0. The first-order chi connectivity index (χ1) is 22.2. The highest BCUT2D eigenvalue weighted by Crippen LogP contribution is 2.31. The molecule has 0 aliphatic rings. The van der Waals surface area contributed by atoms with Crippen molar-refractivity contribution in [3.63, 3.8) is 0 Å². The van der Waals surface area contributed by atoms with Gasteiger partial charge in [-0.2, -0.15) is 5.11 Å². The Morgan fingerprint density at radius 2 is 1.67 bits per heavy atom. The van der Waals surface area contributed by atoms with Crippen molar-refractivity contribution in [3.8, 4) is 11.6 Å². The van der Waals surface area contributed by atoms with Crippen LogP contribution in [-0.4, -0.2) is 46.1 Å². The number of hydrogen-bond donors (Lipinski definition) is 1. The van der Waals surface area contributed by atoms with E-state index in [-0.39, 0.29) is 29.3 Å². The summed E-state index contributed by atoms with van der Waals surface area (Å²) < 4.78 is 6.26. The van der Waals surface area contributed by atoms with Crippen molar-refractivity contribution in [2.75, 3.05) is 19.7 Å². The Kier molecular flexibility index (Phi) is 14.2. The van der Waals surface area contributed by atoms with Crippen LogP contribution in [0.3, 0.4) is 0 Å². The van der Waals surface area contributed by atoms with E-state index in [1.807, 2.05) is 11.0 Å². The number of amides is 1. The molecule has 0 saturated heterocycles. The van der Waals surface area contributed by atoms with Gasteiger partial charge in [-0.15, -0.1) is 5.11 Å². The van der Waals surface area contributed by atoms with E-state index in [0.29, 0.717) is 35.0 Å². The molecule has 0 fully saturated rings. The van der Waals surface area contributed by atoms with Gasteiger partial charge in [0.1, 0.15) is 5.56 Å². The van der Waals surface area contributed by atoms with Crippen LogP contribution in [0.4, 0.5) is 11.4 Å². The Labute approximate surface area is 273 Å². The van der Waals surface area contributed by atoms with Crippen LogP contribution in [0.25, 0.3) is 5.69 Å². The van der Waals surface area contributed by atoms with Gasteiger partial charge in [0, 0.05) is 24.2 Å². The van der Waals surface area contributed by atoms with Crippen molar-refractivity contribution in [2.24, 2.45) is 16.1 Å². The van der Waals surface area contributed by atoms with Crippen LogP contribution in [0.5, 0.6) is 5.88 Å². The van der Waals surface area contributed by atoms with E-state index in [0.717, 1.165) is 62.5 Å². The SMILES string of the molecule is CCCCCCN(CC(CC)CCCC)C(=O)c1cccc(N=Nc2c(C)c(C(=O)OCC)c(O)n(-c3ccccc3C)c2=O)c1. The molecule has 3 aromatic rings. The maximum Gasteiger partial charge on any atom is 0.343 e. The second-order valence-electron chi connectivity index (χ2n) is 11.8. The Bertz CT molecular complexity index is 1560. The Balaban J connectivity index is 2.02. The van der Waals surface area contributed by atoms with Gasteiger partial charge in [0.25, 0.3) is 11.5 Å². The van der Waals surface area contributed by atoms with Gasteiger partial charge in [-0.3, -0.25) is 9.59 Å². The van der Waals surface area contributed by atoms with Crippen LogP contribution in [0.2, 0.25) is 0 Å². The molecule has 9 nitrogen and oxygen atoms in total. The average Bonchev–Trinajstić information content (AvgIpc) is 3.04. The predicted octanol–water partition coefficient (Wildman–Crippen LogP) is 8.99. The number of esters is 1. The summed E-state index contributed by atoms with van der Waals surface area (Å²) in [5.41, 5.74) is 1.26. The number of rotatable bonds is 17. The van der Waals surface area contributed by atoms with Crippen LogP contribution >= 0.6 is 0 Å². The van der Waals surface area contributed by atoms with Gasteiger partial charge in [-0.05, 0) is 69.4 Å². The number of unbranched alkanes of at least 4 members (excludes halogenated alkanes) is 4. The zero-order valence-electron chi connectivity index (χ0n) is 28.3. The van der Waals surface area contributed by atoms with Gasteiger partial charge in [0.05, 0.1) is 18.0 Å². The van der Waals surface area contributed by atoms with Crippen molar-refractivity contribution in [2.45, 2.75) is 92.9 Å². The summed E-state index contributed by atoms with van der Waals surface area (Å²) in [6, 6.07) is 14.0. The molecular weight excluding hydrogens is 580 g/mol. The number of nitrogens with zero attached hydrogens (tertiary/aromatic N) is 4. The molecule has 0 aliphatic carbocycles. The van der Waals surface area contributed by atoms with E-state index in [4.69, 9.17) is 4.74 Å². The third kappa shape index (κ3) is 9.14. The molecule has 9 heteroatoms. The highest BCUT2D eigenvalue weighted by molar-refractivity contribution is 5.95. The summed E-state index contributed by atoms with van der Waals surface area (Å²) in [5, 5.41) is 19.8. The van der Waals surface area contributed by atoms with Gasteiger partial charge >= 0.3 is 5.97 Å². The molecule has 1 atom stereocenters. The van der Waals surface area contributed by atoms with E-state index in [9.17, 15) is 19.5 Å². The van der Waals surface area contributed by atoms with E-state index in [1.54, 1.807) is 56.3 Å². The van der Waals surface area contributed by atoms with Gasteiger partial charge in [-0.25, -0.2) is 9.36 Å². The molecule has 2 aromatic carbocycles. The van der Waals surface area contributed by atoms with Crippen LogP contribution in [0.1, 0.15) is 111 Å². The summed E-state index contributed by atoms with van der Waals surface area (Å²) in [7, 11) is 0. The molecule has 248 valence electrons. The molecule has 0 bridgehead atoms. The average molecular weight is 631 g/mol. The van der Waals surface area contributed by atoms with E-state index in [1.165, 1.54) is 6.92 Å². The first kappa shape index (κ1) is 36.2. The predicted molar refractivity (Wildman–Crippen MR) is 183 cm³/mol.